The van der Waals surface area contributed by atoms with E-state index in [4.69, 9.17) is 5.73 Å². The van der Waals surface area contributed by atoms with Crippen molar-refractivity contribution in [2.45, 2.75) is 31.2 Å². The van der Waals surface area contributed by atoms with Gasteiger partial charge in [0, 0.05) is 24.2 Å². The van der Waals surface area contributed by atoms with Crippen molar-refractivity contribution >= 4 is 33.3 Å². The van der Waals surface area contributed by atoms with Gasteiger partial charge in [0.2, 0.25) is 10.0 Å². The lowest BCUT2D eigenvalue weighted by atomic mass is 10.1. The van der Waals surface area contributed by atoms with Gasteiger partial charge in [-0.2, -0.15) is 0 Å². The van der Waals surface area contributed by atoms with E-state index in [1.807, 2.05) is 13.8 Å². The summed E-state index contributed by atoms with van der Waals surface area (Å²) >= 11 is 0. The normalized spacial score (nSPS) is 13.1. The molecule has 3 N–H and O–H groups in total. The predicted octanol–water partition coefficient (Wildman–Crippen LogP) is 2.31. The highest BCUT2D eigenvalue weighted by Crippen LogP contribution is 2.21. The van der Waals surface area contributed by atoms with Gasteiger partial charge in [-0.3, -0.25) is 4.98 Å². The van der Waals surface area contributed by atoms with Crippen LogP contribution >= 0.6 is 12.4 Å². The maximum Gasteiger partial charge on any atom is 0.241 e. The van der Waals surface area contributed by atoms with Crippen molar-refractivity contribution in [3.8, 4) is 0 Å². The van der Waals surface area contributed by atoms with Gasteiger partial charge in [-0.1, -0.05) is 19.9 Å². The standard InChI is InChI=1S/C15H21N3O2S.ClH/c1-11(2)9-12(10-16)18-21(19,20)15-7-3-6-14-13(15)5-4-8-17-14;/h3-8,11-12,18H,9-10,16H2,1-2H3;1H. The van der Waals surface area contributed by atoms with Gasteiger partial charge >= 0.3 is 0 Å². The fourth-order valence-electron chi connectivity index (χ4n) is 2.35. The molecule has 1 atom stereocenters. The molecule has 1 aromatic heterocycles. The summed E-state index contributed by atoms with van der Waals surface area (Å²) in [6, 6.07) is 8.32. The number of nitrogens with two attached hydrogens (primary N) is 1. The van der Waals surface area contributed by atoms with Gasteiger partial charge in [0.15, 0.2) is 0 Å². The van der Waals surface area contributed by atoms with E-state index in [-0.39, 0.29) is 29.9 Å². The first-order valence-corrected chi connectivity index (χ1v) is 8.48. The van der Waals surface area contributed by atoms with E-state index in [1.54, 1.807) is 36.5 Å². The summed E-state index contributed by atoms with van der Waals surface area (Å²) in [5, 5.41) is 0.618. The van der Waals surface area contributed by atoms with Crippen molar-refractivity contribution in [3.05, 3.63) is 36.5 Å². The van der Waals surface area contributed by atoms with E-state index < -0.39 is 10.0 Å². The summed E-state index contributed by atoms with van der Waals surface area (Å²) < 4.78 is 27.9. The van der Waals surface area contributed by atoms with Crippen molar-refractivity contribution in [1.29, 1.82) is 0 Å². The van der Waals surface area contributed by atoms with Gasteiger partial charge < -0.3 is 5.73 Å². The average Bonchev–Trinajstić information content (AvgIpc) is 2.45. The number of benzene rings is 1. The second kappa shape index (κ2) is 7.87. The molecule has 2 aromatic rings. The van der Waals surface area contributed by atoms with Crippen LogP contribution in [-0.2, 0) is 10.0 Å². The number of nitrogens with one attached hydrogen (secondary N) is 1. The fourth-order valence-corrected chi connectivity index (χ4v) is 3.83. The van der Waals surface area contributed by atoms with Crippen LogP contribution in [-0.4, -0.2) is 26.0 Å². The van der Waals surface area contributed by atoms with E-state index in [9.17, 15) is 8.42 Å². The molecule has 0 aliphatic heterocycles. The molecule has 2 rings (SSSR count). The van der Waals surface area contributed by atoms with E-state index in [2.05, 4.69) is 9.71 Å². The summed E-state index contributed by atoms with van der Waals surface area (Å²) in [6.07, 6.45) is 2.35. The van der Waals surface area contributed by atoms with Crippen LogP contribution < -0.4 is 10.5 Å². The second-order valence-electron chi connectivity index (χ2n) is 5.51. The Morgan fingerprint density at radius 3 is 2.59 bits per heavy atom. The fraction of sp³-hybridized carbons (Fsp3) is 0.400. The quantitative estimate of drug-likeness (QED) is 0.842. The molecule has 0 aliphatic rings. The van der Waals surface area contributed by atoms with Crippen LogP contribution in [0, 0.1) is 5.92 Å². The van der Waals surface area contributed by atoms with Crippen molar-refractivity contribution in [3.63, 3.8) is 0 Å². The Kier molecular flexibility index (Phi) is 6.74. The lowest BCUT2D eigenvalue weighted by Crippen LogP contribution is -2.41. The summed E-state index contributed by atoms with van der Waals surface area (Å²) in [6.45, 7) is 4.36. The number of hydrogen-bond donors (Lipinski definition) is 2. The molecule has 0 spiro atoms. The van der Waals surface area contributed by atoms with Crippen LogP contribution in [0.3, 0.4) is 0 Å². The summed E-state index contributed by atoms with van der Waals surface area (Å²) in [5.41, 5.74) is 6.34. The van der Waals surface area contributed by atoms with Crippen molar-refractivity contribution in [2.75, 3.05) is 6.54 Å². The zero-order chi connectivity index (χ0) is 15.5. The van der Waals surface area contributed by atoms with Gasteiger partial charge in [-0.05, 0) is 36.6 Å². The largest absolute Gasteiger partial charge is 0.329 e. The number of halogens is 1. The number of pyridine rings is 1. The molecule has 22 heavy (non-hydrogen) atoms. The molecule has 0 aliphatic carbocycles. The van der Waals surface area contributed by atoms with Gasteiger partial charge in [0.1, 0.15) is 0 Å². The van der Waals surface area contributed by atoms with E-state index in [1.165, 1.54) is 0 Å². The number of nitrogens with zero attached hydrogens (tertiary/aromatic N) is 1. The van der Waals surface area contributed by atoms with Gasteiger partial charge in [0.25, 0.3) is 0 Å². The smallest absolute Gasteiger partial charge is 0.241 e. The highest BCUT2D eigenvalue weighted by atomic mass is 35.5. The molecule has 0 saturated heterocycles. The highest BCUT2D eigenvalue weighted by Gasteiger charge is 2.22. The van der Waals surface area contributed by atoms with Crippen molar-refractivity contribution in [1.82, 2.24) is 9.71 Å². The van der Waals surface area contributed by atoms with Crippen LogP contribution in [0.5, 0.6) is 0 Å². The Morgan fingerprint density at radius 2 is 1.95 bits per heavy atom. The van der Waals surface area contributed by atoms with Crippen LogP contribution in [0.15, 0.2) is 41.4 Å². The molecule has 122 valence electrons. The molecular weight excluding hydrogens is 322 g/mol. The van der Waals surface area contributed by atoms with Crippen LogP contribution in [0.4, 0.5) is 0 Å². The number of fused-ring (bicyclic) bond motifs is 1. The lowest BCUT2D eigenvalue weighted by molar-refractivity contribution is 0.465. The van der Waals surface area contributed by atoms with Crippen LogP contribution in [0.1, 0.15) is 20.3 Å². The lowest BCUT2D eigenvalue weighted by Gasteiger charge is -2.19. The minimum Gasteiger partial charge on any atom is -0.329 e. The molecule has 1 aromatic carbocycles. The van der Waals surface area contributed by atoms with E-state index in [0.29, 0.717) is 23.2 Å². The third-order valence-corrected chi connectivity index (χ3v) is 4.84. The molecule has 0 bridgehead atoms. The Labute approximate surface area is 137 Å². The average molecular weight is 344 g/mol. The zero-order valence-electron chi connectivity index (χ0n) is 12.7. The van der Waals surface area contributed by atoms with Crippen molar-refractivity contribution in [2.24, 2.45) is 11.7 Å². The maximum absolute atomic E-state index is 12.6. The molecule has 5 nitrogen and oxygen atoms in total. The summed E-state index contributed by atoms with van der Waals surface area (Å²) in [7, 11) is -3.61. The van der Waals surface area contributed by atoms with Gasteiger partial charge in [-0.15, -0.1) is 12.4 Å². The molecule has 0 saturated carbocycles. The minimum absolute atomic E-state index is 0. The molecule has 0 fully saturated rings. The molecule has 0 amide bonds. The zero-order valence-corrected chi connectivity index (χ0v) is 14.3. The Morgan fingerprint density at radius 1 is 1.23 bits per heavy atom. The monoisotopic (exact) mass is 343 g/mol. The number of rotatable bonds is 6. The Balaban J connectivity index is 0.00000242. The van der Waals surface area contributed by atoms with E-state index >= 15 is 0 Å². The molecule has 1 heterocycles. The summed E-state index contributed by atoms with van der Waals surface area (Å²) in [5.74, 6) is 0.371. The van der Waals surface area contributed by atoms with Gasteiger partial charge in [0.05, 0.1) is 10.4 Å². The van der Waals surface area contributed by atoms with Crippen molar-refractivity contribution < 1.29 is 8.42 Å². The molecule has 1 unspecified atom stereocenters. The van der Waals surface area contributed by atoms with Crippen LogP contribution in [0.2, 0.25) is 0 Å². The number of aromatic nitrogens is 1. The Bertz CT molecular complexity index is 714. The summed E-state index contributed by atoms with van der Waals surface area (Å²) in [4.78, 5) is 4.43. The number of hydrogen-bond acceptors (Lipinski definition) is 4. The maximum atomic E-state index is 12.6. The predicted molar refractivity (Wildman–Crippen MR) is 91.6 cm³/mol. The van der Waals surface area contributed by atoms with Gasteiger partial charge in [-0.25, -0.2) is 13.1 Å². The van der Waals surface area contributed by atoms with E-state index in [0.717, 1.165) is 0 Å². The molecular formula is C15H22ClN3O2S. The number of sulfonamides is 1. The first-order chi connectivity index (χ1) is 9.94. The Hall–Kier alpha value is -1.21. The second-order valence-corrected chi connectivity index (χ2v) is 7.19. The highest BCUT2D eigenvalue weighted by molar-refractivity contribution is 7.89. The topological polar surface area (TPSA) is 85.1 Å². The first kappa shape index (κ1) is 18.8. The molecule has 7 heteroatoms. The third kappa shape index (κ3) is 4.39. The minimum atomic E-state index is -3.61. The third-order valence-electron chi connectivity index (χ3n) is 3.26. The first-order valence-electron chi connectivity index (χ1n) is 7.00. The SMILES string of the molecule is CC(C)CC(CN)NS(=O)(=O)c1cccc2ncccc12.Cl. The molecule has 0 radical (unpaired) electrons. The van der Waals surface area contributed by atoms with Crippen LogP contribution in [0.25, 0.3) is 10.9 Å².